The molecule has 0 bridgehead atoms. The van der Waals surface area contributed by atoms with E-state index in [-0.39, 0.29) is 31.1 Å². The minimum absolute atomic E-state index is 0.0649. The van der Waals surface area contributed by atoms with Gasteiger partial charge in [0.1, 0.15) is 13.2 Å². The Morgan fingerprint density at radius 2 is 0.514 bits per heavy atom. The van der Waals surface area contributed by atoms with E-state index < -0.39 is 6.10 Å². The van der Waals surface area contributed by atoms with E-state index in [2.05, 4.69) is 45.1 Å². The van der Waals surface area contributed by atoms with E-state index in [1.807, 2.05) is 0 Å². The lowest BCUT2D eigenvalue weighted by Crippen LogP contribution is -2.30. The Labute approximate surface area is 436 Å². The van der Waals surface area contributed by atoms with Crippen molar-refractivity contribution in [2.45, 2.75) is 354 Å². The first-order valence-electron chi connectivity index (χ1n) is 31.3. The second kappa shape index (κ2) is 59.5. The molecule has 0 aliphatic carbocycles. The van der Waals surface area contributed by atoms with E-state index in [0.717, 1.165) is 64.2 Å². The normalized spacial score (nSPS) is 12.1. The van der Waals surface area contributed by atoms with Gasteiger partial charge in [-0.3, -0.25) is 14.4 Å². The number of hydrogen-bond donors (Lipinski definition) is 0. The van der Waals surface area contributed by atoms with Crippen LogP contribution in [0.1, 0.15) is 348 Å². The van der Waals surface area contributed by atoms with Gasteiger partial charge in [-0.15, -0.1) is 0 Å². The SMILES string of the molecule is CCCCCCC/C=C\C/C=C\CCCCCCCCCCCCCCCCCC(=O)OCC(COC(=O)CCCCCCCCCCC)OC(=O)CCCCCCCCCCCCCCCCCC. The Morgan fingerprint density at radius 3 is 0.786 bits per heavy atom. The summed E-state index contributed by atoms with van der Waals surface area (Å²) in [6.45, 7) is 6.67. The molecule has 70 heavy (non-hydrogen) atoms. The summed E-state index contributed by atoms with van der Waals surface area (Å²) in [5.74, 6) is -0.843. The fraction of sp³-hybridized carbons (Fsp3) is 0.891. The van der Waals surface area contributed by atoms with Crippen LogP contribution >= 0.6 is 0 Å². The first kappa shape index (κ1) is 67.9. The van der Waals surface area contributed by atoms with E-state index in [0.29, 0.717) is 19.3 Å². The van der Waals surface area contributed by atoms with Gasteiger partial charge in [0.05, 0.1) is 0 Å². The van der Waals surface area contributed by atoms with Crippen molar-refractivity contribution in [2.24, 2.45) is 0 Å². The largest absolute Gasteiger partial charge is 0.462 e. The van der Waals surface area contributed by atoms with Crippen molar-refractivity contribution in [1.29, 1.82) is 0 Å². The maximum absolute atomic E-state index is 12.8. The molecule has 0 N–H and O–H groups in total. The quantitative estimate of drug-likeness (QED) is 0.0261. The van der Waals surface area contributed by atoms with Gasteiger partial charge in [0.2, 0.25) is 0 Å². The predicted molar refractivity (Wildman–Crippen MR) is 303 cm³/mol. The summed E-state index contributed by atoms with van der Waals surface area (Å²) in [6.07, 6.45) is 70.5. The Balaban J connectivity index is 4.11. The highest BCUT2D eigenvalue weighted by Crippen LogP contribution is 2.18. The van der Waals surface area contributed by atoms with Crippen molar-refractivity contribution in [1.82, 2.24) is 0 Å². The summed E-state index contributed by atoms with van der Waals surface area (Å²) in [7, 11) is 0. The summed E-state index contributed by atoms with van der Waals surface area (Å²) in [5.41, 5.74) is 0. The molecule has 0 aromatic carbocycles. The molecule has 0 fully saturated rings. The molecule has 0 aromatic rings. The zero-order chi connectivity index (χ0) is 50.7. The smallest absolute Gasteiger partial charge is 0.306 e. The molecule has 0 radical (unpaired) electrons. The molecule has 0 aliphatic rings. The average Bonchev–Trinajstić information content (AvgIpc) is 3.36. The van der Waals surface area contributed by atoms with E-state index in [1.54, 1.807) is 0 Å². The number of rotatable bonds is 58. The molecule has 0 aliphatic heterocycles. The van der Waals surface area contributed by atoms with Crippen LogP contribution in [0.25, 0.3) is 0 Å². The Kier molecular flexibility index (Phi) is 57.7. The van der Waals surface area contributed by atoms with Gasteiger partial charge in [-0.25, -0.2) is 0 Å². The van der Waals surface area contributed by atoms with Crippen LogP contribution in [0, 0.1) is 0 Å². The minimum atomic E-state index is -0.764. The van der Waals surface area contributed by atoms with E-state index >= 15 is 0 Å². The highest BCUT2D eigenvalue weighted by Gasteiger charge is 2.19. The van der Waals surface area contributed by atoms with E-state index in [1.165, 1.54) is 244 Å². The molecule has 1 atom stereocenters. The van der Waals surface area contributed by atoms with Gasteiger partial charge in [-0.05, 0) is 51.4 Å². The minimum Gasteiger partial charge on any atom is -0.462 e. The van der Waals surface area contributed by atoms with Gasteiger partial charge in [0.25, 0.3) is 0 Å². The third kappa shape index (κ3) is 56.8. The zero-order valence-electron chi connectivity index (χ0n) is 47.3. The first-order chi connectivity index (χ1) is 34.5. The summed E-state index contributed by atoms with van der Waals surface area (Å²) < 4.78 is 16.9. The van der Waals surface area contributed by atoms with Crippen LogP contribution in [0.5, 0.6) is 0 Å². The maximum atomic E-state index is 12.8. The van der Waals surface area contributed by atoms with E-state index in [9.17, 15) is 14.4 Å². The Hall–Kier alpha value is -2.11. The molecule has 412 valence electrons. The van der Waals surface area contributed by atoms with Crippen LogP contribution < -0.4 is 0 Å². The number of carbonyl (C=O) groups is 3. The van der Waals surface area contributed by atoms with Gasteiger partial charge in [0.15, 0.2) is 6.10 Å². The second-order valence-electron chi connectivity index (χ2n) is 21.3. The molecule has 0 aromatic heterocycles. The lowest BCUT2D eigenvalue weighted by Gasteiger charge is -2.18. The number of ether oxygens (including phenoxy) is 3. The topological polar surface area (TPSA) is 78.9 Å². The van der Waals surface area contributed by atoms with Crippen molar-refractivity contribution in [3.05, 3.63) is 24.3 Å². The van der Waals surface area contributed by atoms with Crippen LogP contribution in [-0.4, -0.2) is 37.2 Å². The summed E-state index contributed by atoms with van der Waals surface area (Å²) >= 11 is 0. The molecule has 1 unspecified atom stereocenters. The fourth-order valence-electron chi connectivity index (χ4n) is 9.48. The molecule has 0 amide bonds. The molecule has 0 heterocycles. The van der Waals surface area contributed by atoms with Crippen LogP contribution in [0.4, 0.5) is 0 Å². The van der Waals surface area contributed by atoms with Crippen molar-refractivity contribution < 1.29 is 28.6 Å². The monoisotopic (exact) mass is 985 g/mol. The van der Waals surface area contributed by atoms with Crippen molar-refractivity contribution in [2.75, 3.05) is 13.2 Å². The zero-order valence-corrected chi connectivity index (χ0v) is 47.3. The maximum Gasteiger partial charge on any atom is 0.306 e. The number of allylic oxidation sites excluding steroid dienone is 4. The van der Waals surface area contributed by atoms with Crippen LogP contribution in [0.3, 0.4) is 0 Å². The first-order valence-corrected chi connectivity index (χ1v) is 31.3. The van der Waals surface area contributed by atoms with Gasteiger partial charge < -0.3 is 14.2 Å². The molecule has 6 nitrogen and oxygen atoms in total. The fourth-order valence-corrected chi connectivity index (χ4v) is 9.48. The molecule has 0 saturated heterocycles. The molecular weight excluding hydrogens is 865 g/mol. The number of unbranched alkanes of at least 4 members (excludes halogenated alkanes) is 43. The van der Waals surface area contributed by atoms with Gasteiger partial charge in [-0.1, -0.05) is 302 Å². The standard InChI is InChI=1S/C64H120O6/c1-4-7-10-13-16-19-21-23-25-27-28-29-30-31-32-33-34-35-36-37-39-40-42-45-48-51-54-57-63(66)69-60-61(59-68-62(65)56-53-50-47-44-18-15-12-9-6-3)70-64(67)58-55-52-49-46-43-41-38-26-24-22-20-17-14-11-8-5-2/h21,23,27-28,61H,4-20,22,24-26,29-60H2,1-3H3/b23-21-,28-27-. The van der Waals surface area contributed by atoms with E-state index in [4.69, 9.17) is 14.2 Å². The third-order valence-corrected chi connectivity index (χ3v) is 14.2. The number of esters is 3. The molecule has 0 spiro atoms. The van der Waals surface area contributed by atoms with Crippen molar-refractivity contribution >= 4 is 17.9 Å². The Morgan fingerprint density at radius 1 is 0.286 bits per heavy atom. The molecular formula is C64H120O6. The highest BCUT2D eigenvalue weighted by atomic mass is 16.6. The number of carbonyl (C=O) groups excluding carboxylic acids is 3. The van der Waals surface area contributed by atoms with Crippen molar-refractivity contribution in [3.8, 4) is 0 Å². The number of hydrogen-bond acceptors (Lipinski definition) is 6. The molecule has 0 saturated carbocycles. The van der Waals surface area contributed by atoms with Crippen LogP contribution in [0.2, 0.25) is 0 Å². The average molecular weight is 986 g/mol. The second-order valence-corrected chi connectivity index (χ2v) is 21.3. The third-order valence-electron chi connectivity index (χ3n) is 14.2. The predicted octanol–water partition coefficient (Wildman–Crippen LogP) is 21.1. The molecule has 6 heteroatoms. The van der Waals surface area contributed by atoms with Crippen molar-refractivity contribution in [3.63, 3.8) is 0 Å². The summed E-state index contributed by atoms with van der Waals surface area (Å²) in [4.78, 5) is 38.1. The lowest BCUT2D eigenvalue weighted by atomic mass is 10.0. The summed E-state index contributed by atoms with van der Waals surface area (Å²) in [6, 6.07) is 0. The molecule has 0 rings (SSSR count). The van der Waals surface area contributed by atoms with Crippen LogP contribution in [0.15, 0.2) is 24.3 Å². The summed E-state index contributed by atoms with van der Waals surface area (Å²) in [5, 5.41) is 0. The van der Waals surface area contributed by atoms with Crippen LogP contribution in [-0.2, 0) is 28.6 Å². The Bertz CT molecular complexity index is 1130. The van der Waals surface area contributed by atoms with Gasteiger partial charge in [-0.2, -0.15) is 0 Å². The van der Waals surface area contributed by atoms with Gasteiger partial charge in [0, 0.05) is 19.3 Å². The highest BCUT2D eigenvalue weighted by molar-refractivity contribution is 5.71. The lowest BCUT2D eigenvalue weighted by molar-refractivity contribution is -0.167. The van der Waals surface area contributed by atoms with Gasteiger partial charge >= 0.3 is 17.9 Å².